The van der Waals surface area contributed by atoms with Gasteiger partial charge in [-0.2, -0.15) is 0 Å². The summed E-state index contributed by atoms with van der Waals surface area (Å²) in [4.78, 5) is 18.1. The van der Waals surface area contributed by atoms with Crippen LogP contribution in [0.5, 0.6) is 0 Å². The van der Waals surface area contributed by atoms with Crippen molar-refractivity contribution in [1.29, 1.82) is 0 Å². The Bertz CT molecular complexity index is 105. The van der Waals surface area contributed by atoms with Gasteiger partial charge in [0.05, 0.1) is 0 Å². The van der Waals surface area contributed by atoms with Crippen LogP contribution in [0.25, 0.3) is 0 Å². The van der Waals surface area contributed by atoms with Crippen molar-refractivity contribution >= 4 is 30.6 Å². The van der Waals surface area contributed by atoms with E-state index in [4.69, 9.17) is 4.89 Å². The molecule has 0 bridgehead atoms. The summed E-state index contributed by atoms with van der Waals surface area (Å²) >= 11 is 0. The van der Waals surface area contributed by atoms with E-state index >= 15 is 0 Å². The van der Waals surface area contributed by atoms with Crippen LogP contribution in [0.1, 0.15) is 19.8 Å². The monoisotopic (exact) mass is 196 g/mol. The van der Waals surface area contributed by atoms with Crippen LogP contribution >= 0.6 is 7.60 Å². The first-order valence-corrected chi connectivity index (χ1v) is 4.35. The third-order valence-corrected chi connectivity index (χ3v) is 1.68. The quantitative estimate of drug-likeness (QED) is 0.386. The van der Waals surface area contributed by atoms with Gasteiger partial charge in [-0.3, -0.25) is 0 Å². The predicted octanol–water partition coefficient (Wildman–Crippen LogP) is -3.04. The number of unbranched alkanes of at least 4 members (excludes halogenated alkanes) is 1. The Hall–Kier alpha value is 1.21. The van der Waals surface area contributed by atoms with Gasteiger partial charge < -0.3 is 26.8 Å². The van der Waals surface area contributed by atoms with E-state index in [0.717, 1.165) is 6.42 Å². The average molecular weight is 197 g/mol. The molecule has 0 aromatic heterocycles. The topological polar surface area (TPSA) is 60.4 Å². The summed E-state index contributed by atoms with van der Waals surface area (Å²) in [5, 5.41) is 0. The van der Waals surface area contributed by atoms with E-state index in [0.29, 0.717) is 6.42 Å². The summed E-state index contributed by atoms with van der Waals surface area (Å²) in [6.07, 6.45) is 1.27. The molecule has 0 aliphatic heterocycles. The molecule has 0 heterocycles. The Morgan fingerprint density at radius 3 is 2.10 bits per heavy atom. The standard InChI is InChI=1S/C4H11O3P.ClH.Mg/c1-2-3-4-8(5,6)7;;/h2-4H2,1H3,(H2,5,6,7);1H;/q;;+2/p-2. The van der Waals surface area contributed by atoms with E-state index in [1.165, 1.54) is 0 Å². The molecule has 0 rings (SSSR count). The Kier molecular flexibility index (Phi) is 14.4. The fourth-order valence-electron chi connectivity index (χ4n) is 0.358. The van der Waals surface area contributed by atoms with Gasteiger partial charge in [-0.1, -0.05) is 13.3 Å². The molecule has 10 heavy (non-hydrogen) atoms. The van der Waals surface area contributed by atoms with Gasteiger partial charge in [0.15, 0.2) is 0 Å². The van der Waals surface area contributed by atoms with Crippen LogP contribution in [0.15, 0.2) is 0 Å². The molecule has 0 radical (unpaired) electrons. The van der Waals surface area contributed by atoms with Crippen molar-refractivity contribution in [3.05, 3.63) is 0 Å². The van der Waals surface area contributed by atoms with Crippen LogP contribution in [-0.2, 0) is 4.57 Å². The summed E-state index contributed by atoms with van der Waals surface area (Å²) < 4.78 is 9.97. The Labute approximate surface area is 83.3 Å². The van der Waals surface area contributed by atoms with Gasteiger partial charge in [0.1, 0.15) is 7.60 Å². The molecule has 0 saturated carbocycles. The molecule has 0 fully saturated rings. The molecule has 3 nitrogen and oxygen atoms in total. The molecule has 6 heteroatoms. The zero-order chi connectivity index (χ0) is 6.62. The van der Waals surface area contributed by atoms with Crippen LogP contribution in [-0.4, -0.2) is 34.1 Å². The zero-order valence-corrected chi connectivity index (χ0v) is 8.98. The first kappa shape index (κ1) is 17.3. The fraction of sp³-hybridized carbons (Fsp3) is 1.00. The van der Waals surface area contributed by atoms with E-state index in [1.54, 1.807) is 0 Å². The van der Waals surface area contributed by atoms with Crippen molar-refractivity contribution in [1.82, 2.24) is 0 Å². The van der Waals surface area contributed by atoms with Crippen molar-refractivity contribution in [3.8, 4) is 0 Å². The molecular weight excluding hydrogens is 187 g/mol. The fourth-order valence-corrected chi connectivity index (χ4v) is 1.07. The van der Waals surface area contributed by atoms with E-state index in [9.17, 15) is 9.46 Å². The summed E-state index contributed by atoms with van der Waals surface area (Å²) in [5.74, 6) is 0. The van der Waals surface area contributed by atoms with Crippen LogP contribution in [0.4, 0.5) is 0 Å². The molecular formula is C4H10ClMgO3P. The second kappa shape index (κ2) is 8.30. The number of hydrogen-bond donors (Lipinski definition) is 1. The van der Waals surface area contributed by atoms with Gasteiger partial charge >= 0.3 is 23.1 Å². The van der Waals surface area contributed by atoms with Gasteiger partial charge in [-0.15, -0.1) is 0 Å². The normalized spacial score (nSPS) is 14.3. The largest absolute Gasteiger partial charge is 2.00 e. The van der Waals surface area contributed by atoms with Gasteiger partial charge in [0, 0.05) is 6.16 Å². The molecule has 0 aromatic rings. The van der Waals surface area contributed by atoms with E-state index in [-0.39, 0.29) is 41.6 Å². The third kappa shape index (κ3) is 16.1. The second-order valence-electron chi connectivity index (χ2n) is 1.71. The van der Waals surface area contributed by atoms with Gasteiger partial charge in [-0.25, -0.2) is 0 Å². The maximum atomic E-state index is 9.97. The second-order valence-corrected chi connectivity index (χ2v) is 3.44. The minimum Gasteiger partial charge on any atom is -1.00 e. The molecule has 0 amide bonds. The Morgan fingerprint density at radius 1 is 1.60 bits per heavy atom. The smallest absolute Gasteiger partial charge is 1.00 e. The average Bonchev–Trinajstić information content (AvgIpc) is 1.59. The van der Waals surface area contributed by atoms with Crippen molar-refractivity contribution < 1.29 is 26.8 Å². The third-order valence-electron chi connectivity index (χ3n) is 0.794. The molecule has 1 unspecified atom stereocenters. The summed E-state index contributed by atoms with van der Waals surface area (Å²) in [6.45, 7) is 1.87. The first-order chi connectivity index (χ1) is 3.56. The van der Waals surface area contributed by atoms with Crippen molar-refractivity contribution in [3.63, 3.8) is 0 Å². The molecule has 0 aliphatic rings. The summed E-state index contributed by atoms with van der Waals surface area (Å²) in [5.41, 5.74) is 0. The van der Waals surface area contributed by atoms with Crippen LogP contribution in [0.2, 0.25) is 0 Å². The maximum Gasteiger partial charge on any atom is 2.00 e. The van der Waals surface area contributed by atoms with Crippen molar-refractivity contribution in [2.75, 3.05) is 6.16 Å². The Balaban J connectivity index is -0.000000245. The SMILES string of the molecule is CCCCP(=O)([O-])O.[Cl-].[Mg+2]. The number of hydrogen-bond acceptors (Lipinski definition) is 2. The zero-order valence-electron chi connectivity index (χ0n) is 5.92. The minimum atomic E-state index is -3.93. The first-order valence-electron chi connectivity index (χ1n) is 2.59. The van der Waals surface area contributed by atoms with E-state index < -0.39 is 7.60 Å². The Morgan fingerprint density at radius 2 is 2.00 bits per heavy atom. The van der Waals surface area contributed by atoms with E-state index in [1.807, 2.05) is 6.92 Å². The summed E-state index contributed by atoms with van der Waals surface area (Å²) in [7, 11) is -3.93. The van der Waals surface area contributed by atoms with Crippen LogP contribution in [0, 0.1) is 0 Å². The van der Waals surface area contributed by atoms with Crippen LogP contribution in [0.3, 0.4) is 0 Å². The molecule has 0 aliphatic carbocycles. The minimum absolute atomic E-state index is 0. The molecule has 0 aromatic carbocycles. The van der Waals surface area contributed by atoms with Gasteiger partial charge in [0.25, 0.3) is 0 Å². The van der Waals surface area contributed by atoms with Gasteiger partial charge in [-0.05, 0) is 6.42 Å². The number of rotatable bonds is 3. The van der Waals surface area contributed by atoms with Gasteiger partial charge in [0.2, 0.25) is 0 Å². The van der Waals surface area contributed by atoms with Crippen molar-refractivity contribution in [2.24, 2.45) is 0 Å². The number of halogens is 1. The van der Waals surface area contributed by atoms with E-state index in [2.05, 4.69) is 0 Å². The maximum absolute atomic E-state index is 9.97. The van der Waals surface area contributed by atoms with Crippen LogP contribution < -0.4 is 17.3 Å². The molecule has 0 saturated heterocycles. The molecule has 1 atom stereocenters. The molecule has 0 spiro atoms. The predicted molar refractivity (Wildman–Crippen MR) is 35.4 cm³/mol. The molecule has 1 N–H and O–H groups in total. The van der Waals surface area contributed by atoms with Crippen molar-refractivity contribution in [2.45, 2.75) is 19.8 Å². The molecule has 58 valence electrons. The summed E-state index contributed by atoms with van der Waals surface area (Å²) in [6, 6.07) is 0.